The van der Waals surface area contributed by atoms with Crippen molar-refractivity contribution in [2.45, 2.75) is 25.4 Å². The molecule has 1 N–H and O–H groups in total. The Hall–Kier alpha value is -0.940. The molecule has 0 radical (unpaired) electrons. The van der Waals surface area contributed by atoms with Gasteiger partial charge in [-0.05, 0) is 40.9 Å². The van der Waals surface area contributed by atoms with Crippen LogP contribution in [-0.2, 0) is 9.53 Å². The first kappa shape index (κ1) is 13.1. The number of aliphatic hydroxyl groups is 1. The van der Waals surface area contributed by atoms with E-state index in [1.807, 2.05) is 6.07 Å². The molecule has 0 amide bonds. The molecule has 16 heavy (non-hydrogen) atoms. The number of carbonyl (C=O) groups is 1. The van der Waals surface area contributed by atoms with Crippen LogP contribution in [-0.4, -0.2) is 23.2 Å². The summed E-state index contributed by atoms with van der Waals surface area (Å²) < 4.78 is 5.20. The molecular weight excluding hydrogens is 274 g/mol. The molecule has 4 nitrogen and oxygen atoms in total. The van der Waals surface area contributed by atoms with Crippen molar-refractivity contribution in [1.29, 1.82) is 0 Å². The summed E-state index contributed by atoms with van der Waals surface area (Å²) in [6.07, 6.45) is 0.768. The van der Waals surface area contributed by atoms with E-state index in [1.165, 1.54) is 7.11 Å². The predicted octanol–water partition coefficient (Wildman–Crippen LogP) is 2.22. The second kappa shape index (κ2) is 6.60. The Kier molecular flexibility index (Phi) is 5.42. The average molecular weight is 288 g/mol. The molecule has 0 aliphatic heterocycles. The minimum absolute atomic E-state index is 0.255. The van der Waals surface area contributed by atoms with Crippen molar-refractivity contribution < 1.29 is 14.6 Å². The van der Waals surface area contributed by atoms with Gasteiger partial charge >= 0.3 is 5.97 Å². The third kappa shape index (κ3) is 4.28. The highest BCUT2D eigenvalue weighted by Gasteiger charge is 2.10. The van der Waals surface area contributed by atoms with Crippen LogP contribution in [0.25, 0.3) is 0 Å². The number of hydrogen-bond acceptors (Lipinski definition) is 4. The fourth-order valence-corrected chi connectivity index (χ4v) is 1.66. The molecule has 1 rings (SSSR count). The standard InChI is InChI=1S/C11H14BrNO3/c1-16-11(15)7-3-5-9(14)8-4-2-6-10(12)13-8/h2,4,6,9,14H,3,5,7H2,1H3/t9-/m1/s1. The van der Waals surface area contributed by atoms with Crippen molar-refractivity contribution >= 4 is 21.9 Å². The number of pyridine rings is 1. The molecular formula is C11H14BrNO3. The van der Waals surface area contributed by atoms with Gasteiger partial charge in [0.25, 0.3) is 0 Å². The van der Waals surface area contributed by atoms with E-state index >= 15 is 0 Å². The molecule has 0 aromatic carbocycles. The van der Waals surface area contributed by atoms with Gasteiger partial charge in [0.05, 0.1) is 18.9 Å². The van der Waals surface area contributed by atoms with Gasteiger partial charge in [0.2, 0.25) is 0 Å². The minimum atomic E-state index is -0.637. The molecule has 0 saturated heterocycles. The zero-order valence-corrected chi connectivity index (χ0v) is 10.6. The summed E-state index contributed by atoms with van der Waals surface area (Å²) in [7, 11) is 1.36. The normalized spacial score (nSPS) is 12.2. The topological polar surface area (TPSA) is 59.4 Å². The van der Waals surface area contributed by atoms with Crippen LogP contribution in [0.15, 0.2) is 22.8 Å². The number of halogens is 1. The molecule has 1 atom stereocenters. The van der Waals surface area contributed by atoms with E-state index in [-0.39, 0.29) is 5.97 Å². The SMILES string of the molecule is COC(=O)CCC[C@@H](O)c1cccc(Br)n1. The third-order valence-electron chi connectivity index (χ3n) is 2.16. The lowest BCUT2D eigenvalue weighted by molar-refractivity contribution is -0.140. The number of esters is 1. The molecule has 1 aromatic rings. The van der Waals surface area contributed by atoms with Crippen LogP contribution in [0.4, 0.5) is 0 Å². The Morgan fingerprint density at radius 1 is 1.62 bits per heavy atom. The molecule has 0 unspecified atom stereocenters. The van der Waals surface area contributed by atoms with Crippen LogP contribution in [0, 0.1) is 0 Å². The monoisotopic (exact) mass is 287 g/mol. The zero-order valence-electron chi connectivity index (χ0n) is 9.02. The van der Waals surface area contributed by atoms with Gasteiger partial charge in [-0.2, -0.15) is 0 Å². The molecule has 0 aliphatic rings. The summed E-state index contributed by atoms with van der Waals surface area (Å²) in [6, 6.07) is 5.37. The second-order valence-electron chi connectivity index (χ2n) is 3.37. The number of ether oxygens (including phenoxy) is 1. The van der Waals surface area contributed by atoms with Gasteiger partial charge in [-0.3, -0.25) is 4.79 Å². The smallest absolute Gasteiger partial charge is 0.305 e. The summed E-state index contributed by atoms with van der Waals surface area (Å²) in [5.74, 6) is -0.255. The first-order chi connectivity index (χ1) is 7.63. The van der Waals surface area contributed by atoms with E-state index in [0.717, 1.165) is 0 Å². The van der Waals surface area contributed by atoms with Crippen molar-refractivity contribution in [3.63, 3.8) is 0 Å². The first-order valence-corrected chi connectivity index (χ1v) is 5.80. The Morgan fingerprint density at radius 3 is 3.00 bits per heavy atom. The predicted molar refractivity (Wildman–Crippen MR) is 62.8 cm³/mol. The van der Waals surface area contributed by atoms with Crippen LogP contribution < -0.4 is 0 Å². The van der Waals surface area contributed by atoms with E-state index in [4.69, 9.17) is 0 Å². The molecule has 5 heteroatoms. The number of methoxy groups -OCH3 is 1. The summed E-state index contributed by atoms with van der Waals surface area (Å²) >= 11 is 3.24. The maximum atomic E-state index is 10.9. The third-order valence-corrected chi connectivity index (χ3v) is 2.61. The van der Waals surface area contributed by atoms with Crippen LogP contribution in [0.3, 0.4) is 0 Å². The number of carbonyl (C=O) groups excluding carboxylic acids is 1. The fraction of sp³-hybridized carbons (Fsp3) is 0.455. The van der Waals surface area contributed by atoms with Crippen LogP contribution in [0.2, 0.25) is 0 Å². The van der Waals surface area contributed by atoms with Gasteiger partial charge in [-0.25, -0.2) is 4.98 Å². The lowest BCUT2D eigenvalue weighted by atomic mass is 10.1. The lowest BCUT2D eigenvalue weighted by Crippen LogP contribution is -2.04. The van der Waals surface area contributed by atoms with Gasteiger partial charge in [-0.1, -0.05) is 6.07 Å². The van der Waals surface area contributed by atoms with Crippen molar-refractivity contribution in [1.82, 2.24) is 4.98 Å². The maximum Gasteiger partial charge on any atom is 0.305 e. The van der Waals surface area contributed by atoms with Crippen LogP contribution in [0.5, 0.6) is 0 Å². The summed E-state index contributed by atoms with van der Waals surface area (Å²) in [5, 5.41) is 9.80. The molecule has 0 saturated carbocycles. The van der Waals surface area contributed by atoms with Gasteiger partial charge in [0.15, 0.2) is 0 Å². The number of rotatable bonds is 5. The Morgan fingerprint density at radius 2 is 2.38 bits per heavy atom. The van der Waals surface area contributed by atoms with E-state index in [1.54, 1.807) is 12.1 Å². The van der Waals surface area contributed by atoms with Crippen molar-refractivity contribution in [2.24, 2.45) is 0 Å². The first-order valence-electron chi connectivity index (χ1n) is 5.01. The highest BCUT2D eigenvalue weighted by molar-refractivity contribution is 9.10. The van der Waals surface area contributed by atoms with Gasteiger partial charge < -0.3 is 9.84 Å². The lowest BCUT2D eigenvalue weighted by Gasteiger charge is -2.09. The molecule has 0 spiro atoms. The highest BCUT2D eigenvalue weighted by atomic mass is 79.9. The van der Waals surface area contributed by atoms with Crippen LogP contribution in [0.1, 0.15) is 31.1 Å². The van der Waals surface area contributed by atoms with Gasteiger partial charge in [0.1, 0.15) is 4.60 Å². The molecule has 1 heterocycles. The highest BCUT2D eigenvalue weighted by Crippen LogP contribution is 2.19. The van der Waals surface area contributed by atoms with Crippen molar-refractivity contribution in [3.05, 3.63) is 28.5 Å². The Bertz CT molecular complexity index is 357. The molecule has 0 bridgehead atoms. The van der Waals surface area contributed by atoms with Crippen molar-refractivity contribution in [2.75, 3.05) is 7.11 Å². The summed E-state index contributed by atoms with van der Waals surface area (Å²) in [4.78, 5) is 15.0. The fourth-order valence-electron chi connectivity index (χ4n) is 1.30. The number of aromatic nitrogens is 1. The molecule has 0 fully saturated rings. The maximum absolute atomic E-state index is 10.9. The number of hydrogen-bond donors (Lipinski definition) is 1. The minimum Gasteiger partial charge on any atom is -0.469 e. The molecule has 88 valence electrons. The largest absolute Gasteiger partial charge is 0.469 e. The van der Waals surface area contributed by atoms with Gasteiger partial charge in [-0.15, -0.1) is 0 Å². The zero-order chi connectivity index (χ0) is 12.0. The van der Waals surface area contributed by atoms with E-state index < -0.39 is 6.10 Å². The van der Waals surface area contributed by atoms with Crippen molar-refractivity contribution in [3.8, 4) is 0 Å². The van der Waals surface area contributed by atoms with E-state index in [0.29, 0.717) is 29.6 Å². The van der Waals surface area contributed by atoms with Crippen LogP contribution >= 0.6 is 15.9 Å². The van der Waals surface area contributed by atoms with E-state index in [2.05, 4.69) is 25.7 Å². The molecule has 1 aromatic heterocycles. The summed E-state index contributed by atoms with van der Waals surface area (Å²) in [6.45, 7) is 0. The Labute approximate surface area is 103 Å². The van der Waals surface area contributed by atoms with Gasteiger partial charge in [0, 0.05) is 6.42 Å². The average Bonchev–Trinajstić information content (AvgIpc) is 2.28. The number of nitrogens with zero attached hydrogens (tertiary/aromatic N) is 1. The number of aliphatic hydroxyl groups excluding tert-OH is 1. The molecule has 0 aliphatic carbocycles. The van der Waals surface area contributed by atoms with E-state index in [9.17, 15) is 9.90 Å². The quantitative estimate of drug-likeness (QED) is 0.666. The second-order valence-corrected chi connectivity index (χ2v) is 4.18. The summed E-state index contributed by atoms with van der Waals surface area (Å²) in [5.41, 5.74) is 0.610. The Balaban J connectivity index is 2.40.